The highest BCUT2D eigenvalue weighted by Crippen LogP contribution is 2.12. The van der Waals surface area contributed by atoms with Crippen molar-refractivity contribution in [3.8, 4) is 0 Å². The van der Waals surface area contributed by atoms with Gasteiger partial charge in [0.05, 0.1) is 6.10 Å². The van der Waals surface area contributed by atoms with E-state index in [2.05, 4.69) is 12.2 Å². The van der Waals surface area contributed by atoms with Crippen LogP contribution in [0.3, 0.4) is 0 Å². The van der Waals surface area contributed by atoms with Gasteiger partial charge in [0.25, 0.3) is 0 Å². The van der Waals surface area contributed by atoms with Crippen LogP contribution in [0.15, 0.2) is 0 Å². The highest BCUT2D eigenvalue weighted by atomic mass is 16.5. The van der Waals surface area contributed by atoms with Gasteiger partial charge in [-0.1, -0.05) is 32.6 Å². The molecule has 2 atom stereocenters. The second-order valence-electron chi connectivity index (χ2n) is 5.10. The predicted molar refractivity (Wildman–Crippen MR) is 70.0 cm³/mol. The molecule has 0 aromatic rings. The molecular formula is C14H27NO2. The molecule has 0 spiro atoms. The van der Waals surface area contributed by atoms with Crippen LogP contribution in [0.4, 0.5) is 0 Å². The van der Waals surface area contributed by atoms with Crippen LogP contribution >= 0.6 is 0 Å². The molecule has 0 bridgehead atoms. The number of unbranched alkanes of at least 4 members (excludes halogenated alkanes) is 3. The molecule has 1 rings (SSSR count). The highest BCUT2D eigenvalue weighted by molar-refractivity contribution is 5.76. The van der Waals surface area contributed by atoms with E-state index in [1.54, 1.807) is 0 Å². The number of carbonyl (C=O) groups excluding carboxylic acids is 1. The molecule has 1 saturated heterocycles. The summed E-state index contributed by atoms with van der Waals surface area (Å²) in [5.41, 5.74) is 0. The van der Waals surface area contributed by atoms with E-state index in [1.165, 1.54) is 32.1 Å². The maximum Gasteiger partial charge on any atom is 0.323 e. The van der Waals surface area contributed by atoms with Gasteiger partial charge in [0, 0.05) is 0 Å². The molecule has 1 aliphatic heterocycles. The highest BCUT2D eigenvalue weighted by Gasteiger charge is 2.23. The van der Waals surface area contributed by atoms with Crippen LogP contribution in [0.2, 0.25) is 0 Å². The molecule has 0 aliphatic carbocycles. The van der Waals surface area contributed by atoms with E-state index in [1.807, 2.05) is 6.92 Å². The molecule has 0 saturated carbocycles. The first kappa shape index (κ1) is 14.5. The molecule has 1 aliphatic rings. The fourth-order valence-electron chi connectivity index (χ4n) is 2.25. The molecule has 1 unspecified atom stereocenters. The van der Waals surface area contributed by atoms with E-state index in [4.69, 9.17) is 4.74 Å². The van der Waals surface area contributed by atoms with Gasteiger partial charge in [-0.25, -0.2) is 0 Å². The minimum Gasteiger partial charge on any atom is -0.462 e. The van der Waals surface area contributed by atoms with Crippen LogP contribution in [-0.2, 0) is 9.53 Å². The Labute approximate surface area is 105 Å². The molecule has 0 radical (unpaired) electrons. The third kappa shape index (κ3) is 6.06. The van der Waals surface area contributed by atoms with Gasteiger partial charge < -0.3 is 10.1 Å². The van der Waals surface area contributed by atoms with Crippen LogP contribution in [0.25, 0.3) is 0 Å². The number of nitrogens with one attached hydrogen (secondary N) is 1. The summed E-state index contributed by atoms with van der Waals surface area (Å²) in [5, 5.41) is 3.23. The number of hydrogen-bond donors (Lipinski definition) is 1. The third-order valence-corrected chi connectivity index (χ3v) is 3.38. The Morgan fingerprint density at radius 2 is 2.18 bits per heavy atom. The molecule has 1 fully saturated rings. The van der Waals surface area contributed by atoms with Gasteiger partial charge >= 0.3 is 5.97 Å². The van der Waals surface area contributed by atoms with Gasteiger partial charge in [0.1, 0.15) is 6.04 Å². The van der Waals surface area contributed by atoms with Crippen molar-refractivity contribution in [3.63, 3.8) is 0 Å². The first-order chi connectivity index (χ1) is 8.24. The largest absolute Gasteiger partial charge is 0.462 e. The average Bonchev–Trinajstić information content (AvgIpc) is 2.36. The molecule has 0 aromatic heterocycles. The van der Waals surface area contributed by atoms with Gasteiger partial charge in [0.15, 0.2) is 0 Å². The minimum absolute atomic E-state index is 0.0484. The zero-order valence-corrected chi connectivity index (χ0v) is 11.3. The Bertz CT molecular complexity index is 212. The quantitative estimate of drug-likeness (QED) is 0.550. The van der Waals surface area contributed by atoms with Crippen molar-refractivity contribution in [2.75, 3.05) is 6.54 Å². The topological polar surface area (TPSA) is 38.3 Å². The van der Waals surface area contributed by atoms with Gasteiger partial charge in [-0.15, -0.1) is 0 Å². The Balaban J connectivity index is 2.11. The summed E-state index contributed by atoms with van der Waals surface area (Å²) in [7, 11) is 0. The molecule has 0 aromatic carbocycles. The Morgan fingerprint density at radius 3 is 2.82 bits per heavy atom. The molecule has 3 heteroatoms. The lowest BCUT2D eigenvalue weighted by Crippen LogP contribution is -2.42. The fourth-order valence-corrected chi connectivity index (χ4v) is 2.25. The molecule has 1 N–H and O–H groups in total. The molecule has 17 heavy (non-hydrogen) atoms. The lowest BCUT2D eigenvalue weighted by molar-refractivity contribution is -0.151. The van der Waals surface area contributed by atoms with Crippen molar-refractivity contribution in [1.29, 1.82) is 0 Å². The predicted octanol–water partition coefficient (Wildman–Crippen LogP) is 3.03. The van der Waals surface area contributed by atoms with Crippen LogP contribution in [-0.4, -0.2) is 24.7 Å². The Kier molecular flexibility index (Phi) is 7.25. The number of piperidine rings is 1. The summed E-state index contributed by atoms with van der Waals surface area (Å²) in [6.07, 6.45) is 9.27. The number of esters is 1. The first-order valence-electron chi connectivity index (χ1n) is 7.18. The summed E-state index contributed by atoms with van der Waals surface area (Å²) >= 11 is 0. The number of rotatable bonds is 7. The van der Waals surface area contributed by atoms with Crippen molar-refractivity contribution < 1.29 is 9.53 Å². The standard InChI is InChI=1S/C14H27NO2/c1-3-4-5-6-9-12(2)17-14(16)13-10-7-8-11-15-13/h12-13,15H,3-11H2,1-2H3/t12?,13-/m1/s1. The summed E-state index contributed by atoms with van der Waals surface area (Å²) in [6, 6.07) is -0.0539. The van der Waals surface area contributed by atoms with Gasteiger partial charge in [-0.2, -0.15) is 0 Å². The normalized spacial score (nSPS) is 22.1. The zero-order chi connectivity index (χ0) is 12.5. The monoisotopic (exact) mass is 241 g/mol. The Hall–Kier alpha value is -0.570. The summed E-state index contributed by atoms with van der Waals surface area (Å²) in [4.78, 5) is 11.8. The first-order valence-corrected chi connectivity index (χ1v) is 7.18. The maximum absolute atomic E-state index is 11.8. The fraction of sp³-hybridized carbons (Fsp3) is 0.929. The van der Waals surface area contributed by atoms with Crippen LogP contribution in [0, 0.1) is 0 Å². The van der Waals surface area contributed by atoms with Gasteiger partial charge in [0.2, 0.25) is 0 Å². The third-order valence-electron chi connectivity index (χ3n) is 3.38. The van der Waals surface area contributed by atoms with Crippen LogP contribution in [0.5, 0.6) is 0 Å². The molecule has 3 nitrogen and oxygen atoms in total. The SMILES string of the molecule is CCCCCCC(C)OC(=O)[C@H]1CCCCN1. The smallest absolute Gasteiger partial charge is 0.323 e. The second-order valence-corrected chi connectivity index (χ2v) is 5.10. The van der Waals surface area contributed by atoms with Gasteiger partial charge in [-0.3, -0.25) is 4.79 Å². The van der Waals surface area contributed by atoms with E-state index in [9.17, 15) is 4.79 Å². The van der Waals surface area contributed by atoms with Crippen molar-refractivity contribution >= 4 is 5.97 Å². The maximum atomic E-state index is 11.8. The van der Waals surface area contributed by atoms with Crippen molar-refractivity contribution in [3.05, 3.63) is 0 Å². The second kappa shape index (κ2) is 8.51. The zero-order valence-electron chi connectivity index (χ0n) is 11.3. The Morgan fingerprint density at radius 1 is 1.35 bits per heavy atom. The summed E-state index contributed by atoms with van der Waals surface area (Å²) < 4.78 is 5.47. The molecule has 100 valence electrons. The van der Waals surface area contributed by atoms with Crippen molar-refractivity contribution in [2.45, 2.75) is 77.4 Å². The average molecular weight is 241 g/mol. The van der Waals surface area contributed by atoms with Crippen LogP contribution < -0.4 is 5.32 Å². The van der Waals surface area contributed by atoms with E-state index in [-0.39, 0.29) is 18.1 Å². The lowest BCUT2D eigenvalue weighted by Gasteiger charge is -2.23. The van der Waals surface area contributed by atoms with E-state index >= 15 is 0 Å². The van der Waals surface area contributed by atoms with Gasteiger partial charge in [-0.05, 0) is 39.2 Å². The minimum atomic E-state index is -0.0539. The van der Waals surface area contributed by atoms with Crippen molar-refractivity contribution in [2.24, 2.45) is 0 Å². The summed E-state index contributed by atoms with van der Waals surface area (Å²) in [6.45, 7) is 5.16. The van der Waals surface area contributed by atoms with E-state index < -0.39 is 0 Å². The van der Waals surface area contributed by atoms with E-state index in [0.29, 0.717) is 0 Å². The number of carbonyl (C=O) groups is 1. The van der Waals surface area contributed by atoms with Crippen LogP contribution in [0.1, 0.15) is 65.2 Å². The van der Waals surface area contributed by atoms with Crippen molar-refractivity contribution in [1.82, 2.24) is 5.32 Å². The summed E-state index contributed by atoms with van der Waals surface area (Å²) in [5.74, 6) is -0.0484. The number of hydrogen-bond acceptors (Lipinski definition) is 3. The number of ether oxygens (including phenoxy) is 1. The van der Waals surface area contributed by atoms with E-state index in [0.717, 1.165) is 25.8 Å². The molecule has 1 heterocycles. The molecular weight excluding hydrogens is 214 g/mol. The lowest BCUT2D eigenvalue weighted by atomic mass is 10.1. The molecule has 0 amide bonds.